The fraction of sp³-hybridized carbons (Fsp3) is 0. The lowest BCUT2D eigenvalue weighted by molar-refractivity contribution is 1.08. The summed E-state index contributed by atoms with van der Waals surface area (Å²) in [6, 6.07) is 64.8. The number of hydrogen-bond acceptors (Lipinski definition) is 5. The quantitative estimate of drug-likeness (QED) is 0.175. The van der Waals surface area contributed by atoms with Crippen LogP contribution in [0.1, 0.15) is 0 Å². The lowest BCUT2D eigenvalue weighted by atomic mass is 9.99. The molecule has 4 nitrogen and oxygen atoms in total. The molecule has 6 heteroatoms. The topological polar surface area (TPSA) is 43.6 Å². The van der Waals surface area contributed by atoms with E-state index in [1.807, 2.05) is 59.1 Å². The molecular weight excluding hydrogens is 733 g/mol. The Morgan fingerprint density at radius 2 is 0.912 bits per heavy atom. The molecule has 266 valence electrons. The molecule has 0 amide bonds. The molecule has 0 saturated carbocycles. The zero-order valence-corrected chi connectivity index (χ0v) is 32.1. The van der Waals surface area contributed by atoms with Crippen LogP contribution < -0.4 is 0 Å². The van der Waals surface area contributed by atoms with Crippen molar-refractivity contribution < 1.29 is 0 Å². The normalized spacial score (nSPS) is 11.9. The maximum absolute atomic E-state index is 5.13. The molecule has 12 aromatic rings. The van der Waals surface area contributed by atoms with Gasteiger partial charge >= 0.3 is 0 Å². The molecule has 0 unspecified atom stereocenters. The van der Waals surface area contributed by atoms with Gasteiger partial charge in [-0.05, 0) is 53.6 Å². The van der Waals surface area contributed by atoms with Crippen LogP contribution in [0.15, 0.2) is 182 Å². The summed E-state index contributed by atoms with van der Waals surface area (Å²) < 4.78 is 7.46. The van der Waals surface area contributed by atoms with E-state index in [0.717, 1.165) is 16.7 Å². The zero-order chi connectivity index (χ0) is 37.5. The van der Waals surface area contributed by atoms with Crippen molar-refractivity contribution in [1.82, 2.24) is 19.5 Å². The van der Waals surface area contributed by atoms with Gasteiger partial charge in [-0.15, -0.1) is 22.7 Å². The standard InChI is InChI=1S/C51H30N4S2/c1-3-14-31(15-4-1)49-52-50(32-16-5-2-6-17-32)54-51(53-49)38-22-12-26-44-46(38)39-30-33(28-29-43(39)56-44)34-20-11-21-37-47-42(25-13-27-45(47)57-48(34)37)55-40-23-9-7-18-35(40)36-19-8-10-24-41(36)55/h1-30H. The zero-order valence-electron chi connectivity index (χ0n) is 30.4. The van der Waals surface area contributed by atoms with Crippen LogP contribution in [0.2, 0.25) is 0 Å². The van der Waals surface area contributed by atoms with E-state index in [-0.39, 0.29) is 0 Å². The first-order valence-corrected chi connectivity index (χ1v) is 20.7. The monoisotopic (exact) mass is 762 g/mol. The highest BCUT2D eigenvalue weighted by Crippen LogP contribution is 2.46. The Bertz CT molecular complexity index is 3410. The average molecular weight is 763 g/mol. The van der Waals surface area contributed by atoms with Crippen LogP contribution in [0.3, 0.4) is 0 Å². The molecule has 0 fully saturated rings. The van der Waals surface area contributed by atoms with Crippen molar-refractivity contribution in [1.29, 1.82) is 0 Å². The summed E-state index contributed by atoms with van der Waals surface area (Å²) in [6.07, 6.45) is 0. The van der Waals surface area contributed by atoms with Crippen molar-refractivity contribution in [2.45, 2.75) is 0 Å². The van der Waals surface area contributed by atoms with Crippen molar-refractivity contribution in [3.05, 3.63) is 182 Å². The van der Waals surface area contributed by atoms with Crippen LogP contribution in [0.25, 0.3) is 113 Å². The first-order valence-electron chi connectivity index (χ1n) is 19.0. The molecule has 4 aromatic heterocycles. The van der Waals surface area contributed by atoms with Crippen molar-refractivity contribution in [3.63, 3.8) is 0 Å². The van der Waals surface area contributed by atoms with Gasteiger partial charge in [0.1, 0.15) is 0 Å². The van der Waals surface area contributed by atoms with Crippen molar-refractivity contribution in [2.24, 2.45) is 0 Å². The maximum Gasteiger partial charge on any atom is 0.164 e. The van der Waals surface area contributed by atoms with E-state index in [1.54, 1.807) is 0 Å². The van der Waals surface area contributed by atoms with Crippen LogP contribution in [0, 0.1) is 0 Å². The Balaban J connectivity index is 1.06. The highest BCUT2D eigenvalue weighted by atomic mass is 32.1. The first-order chi connectivity index (χ1) is 28.3. The summed E-state index contributed by atoms with van der Waals surface area (Å²) in [6.45, 7) is 0. The molecule has 0 atom stereocenters. The number of para-hydroxylation sites is 2. The third-order valence-electron chi connectivity index (χ3n) is 11.1. The van der Waals surface area contributed by atoms with E-state index in [2.05, 4.69) is 150 Å². The average Bonchev–Trinajstić information content (AvgIpc) is 3.96. The Morgan fingerprint density at radius 1 is 0.351 bits per heavy atom. The lowest BCUT2D eigenvalue weighted by Gasteiger charge is -2.11. The van der Waals surface area contributed by atoms with E-state index in [0.29, 0.717) is 17.5 Å². The minimum Gasteiger partial charge on any atom is -0.309 e. The van der Waals surface area contributed by atoms with Gasteiger partial charge in [0.15, 0.2) is 17.5 Å². The molecular formula is C51H30N4S2. The van der Waals surface area contributed by atoms with Gasteiger partial charge in [-0.3, -0.25) is 0 Å². The van der Waals surface area contributed by atoms with Crippen LogP contribution in [-0.2, 0) is 0 Å². The second-order valence-corrected chi connectivity index (χ2v) is 16.5. The van der Waals surface area contributed by atoms with Crippen LogP contribution in [0.4, 0.5) is 0 Å². The summed E-state index contributed by atoms with van der Waals surface area (Å²) in [5.74, 6) is 1.99. The van der Waals surface area contributed by atoms with Gasteiger partial charge in [0.2, 0.25) is 0 Å². The van der Waals surface area contributed by atoms with Gasteiger partial charge < -0.3 is 4.57 Å². The van der Waals surface area contributed by atoms with Crippen molar-refractivity contribution in [2.75, 3.05) is 0 Å². The molecule has 4 heterocycles. The summed E-state index contributed by atoms with van der Waals surface area (Å²) in [5, 5.41) is 7.47. The minimum absolute atomic E-state index is 0.661. The second kappa shape index (κ2) is 12.8. The number of nitrogens with zero attached hydrogens (tertiary/aromatic N) is 4. The Morgan fingerprint density at radius 3 is 1.61 bits per heavy atom. The summed E-state index contributed by atoms with van der Waals surface area (Å²) in [7, 11) is 0. The third kappa shape index (κ3) is 5.08. The fourth-order valence-corrected chi connectivity index (χ4v) is 10.9. The second-order valence-electron chi connectivity index (χ2n) is 14.3. The van der Waals surface area contributed by atoms with Gasteiger partial charge in [-0.25, -0.2) is 15.0 Å². The van der Waals surface area contributed by atoms with Crippen LogP contribution in [-0.4, -0.2) is 19.5 Å². The summed E-state index contributed by atoms with van der Waals surface area (Å²) in [5.41, 5.74) is 9.00. The van der Waals surface area contributed by atoms with Crippen LogP contribution >= 0.6 is 22.7 Å². The Kier molecular flexibility index (Phi) is 7.24. The van der Waals surface area contributed by atoms with Gasteiger partial charge in [-0.2, -0.15) is 0 Å². The van der Waals surface area contributed by atoms with E-state index in [9.17, 15) is 0 Å². The summed E-state index contributed by atoms with van der Waals surface area (Å²) >= 11 is 3.69. The van der Waals surface area contributed by atoms with Gasteiger partial charge in [-0.1, -0.05) is 140 Å². The fourth-order valence-electron chi connectivity index (χ4n) is 8.53. The predicted molar refractivity (Wildman–Crippen MR) is 242 cm³/mol. The molecule has 0 N–H and O–H groups in total. The highest BCUT2D eigenvalue weighted by Gasteiger charge is 2.20. The molecule has 57 heavy (non-hydrogen) atoms. The molecule has 0 saturated heterocycles. The van der Waals surface area contributed by atoms with Crippen molar-refractivity contribution >= 4 is 84.8 Å². The molecule has 0 aliphatic rings. The molecule has 0 spiro atoms. The number of rotatable bonds is 5. The van der Waals surface area contributed by atoms with E-state index < -0.39 is 0 Å². The van der Waals surface area contributed by atoms with Gasteiger partial charge in [0, 0.05) is 67.8 Å². The largest absolute Gasteiger partial charge is 0.309 e. The minimum atomic E-state index is 0.661. The Labute approximate surface area is 335 Å². The molecule has 0 aliphatic heterocycles. The number of hydrogen-bond donors (Lipinski definition) is 0. The third-order valence-corrected chi connectivity index (χ3v) is 13.4. The van der Waals surface area contributed by atoms with Crippen molar-refractivity contribution in [3.8, 4) is 51.0 Å². The van der Waals surface area contributed by atoms with E-state index in [4.69, 9.17) is 15.0 Å². The first kappa shape index (κ1) is 32.3. The van der Waals surface area contributed by atoms with Gasteiger partial charge in [0.05, 0.1) is 16.7 Å². The Hall–Kier alpha value is -6.99. The smallest absolute Gasteiger partial charge is 0.164 e. The molecule has 0 aliphatic carbocycles. The van der Waals surface area contributed by atoms with Crippen LogP contribution in [0.5, 0.6) is 0 Å². The predicted octanol–water partition coefficient (Wildman–Crippen LogP) is 14.4. The number of aromatic nitrogens is 4. The van der Waals surface area contributed by atoms with E-state index in [1.165, 1.54) is 79.0 Å². The maximum atomic E-state index is 5.13. The summed E-state index contributed by atoms with van der Waals surface area (Å²) in [4.78, 5) is 15.2. The number of fused-ring (bicyclic) bond motifs is 9. The number of benzene rings is 8. The van der Waals surface area contributed by atoms with E-state index >= 15 is 0 Å². The SMILES string of the molecule is c1ccc(-c2nc(-c3ccccc3)nc(-c3cccc4sc5ccc(-c6cccc7c6sc6cccc(-n8c9ccccc9c9ccccc98)c67)cc5c34)n2)cc1. The van der Waals surface area contributed by atoms with Gasteiger partial charge in [0.25, 0.3) is 0 Å². The molecule has 0 bridgehead atoms. The molecule has 0 radical (unpaired) electrons. The lowest BCUT2D eigenvalue weighted by Crippen LogP contribution is -2.00. The molecule has 8 aromatic carbocycles. The number of thiophene rings is 2. The highest BCUT2D eigenvalue weighted by molar-refractivity contribution is 7.26. The molecule has 12 rings (SSSR count).